The van der Waals surface area contributed by atoms with E-state index in [1.54, 1.807) is 7.05 Å². The van der Waals surface area contributed by atoms with Gasteiger partial charge in [0.15, 0.2) is 23.3 Å². The smallest absolute Gasteiger partial charge is 0.168 e. The van der Waals surface area contributed by atoms with Crippen LogP contribution in [0.1, 0.15) is 39.5 Å². The van der Waals surface area contributed by atoms with Crippen LogP contribution in [0.25, 0.3) is 0 Å². The van der Waals surface area contributed by atoms with Gasteiger partial charge < -0.3 is 10.6 Å². The highest BCUT2D eigenvalue weighted by atomic mass is 19.1. The zero-order valence-corrected chi connectivity index (χ0v) is 11.7. The molecule has 0 unspecified atom stereocenters. The van der Waals surface area contributed by atoms with Crippen molar-refractivity contribution in [2.24, 2.45) is 5.41 Å². The molecule has 19 heavy (non-hydrogen) atoms. The standard InChI is InChI=1S/C14H21F2N3/c1-14(2)6-4-9(5-7-14)18-13-11(16)8-10(15)12(17-3)19-13/h8-9H,4-7H2,1-3H3,(H2,17,18,19). The number of rotatable bonds is 3. The summed E-state index contributed by atoms with van der Waals surface area (Å²) in [5, 5.41) is 5.72. The van der Waals surface area contributed by atoms with Gasteiger partial charge in [0.05, 0.1) is 0 Å². The molecule has 2 rings (SSSR count). The third-order valence-corrected chi connectivity index (χ3v) is 3.85. The number of anilines is 2. The van der Waals surface area contributed by atoms with E-state index in [2.05, 4.69) is 29.5 Å². The van der Waals surface area contributed by atoms with Crippen LogP contribution in [-0.2, 0) is 0 Å². The summed E-state index contributed by atoms with van der Waals surface area (Å²) in [6.45, 7) is 4.50. The van der Waals surface area contributed by atoms with Crippen LogP contribution in [0.3, 0.4) is 0 Å². The molecule has 0 saturated heterocycles. The monoisotopic (exact) mass is 269 g/mol. The molecule has 1 saturated carbocycles. The Bertz CT molecular complexity index is 450. The Balaban J connectivity index is 2.07. The largest absolute Gasteiger partial charge is 0.371 e. The van der Waals surface area contributed by atoms with E-state index < -0.39 is 11.6 Å². The number of hydrogen-bond acceptors (Lipinski definition) is 3. The molecule has 1 aliphatic carbocycles. The van der Waals surface area contributed by atoms with Crippen molar-refractivity contribution in [3.05, 3.63) is 17.7 Å². The number of pyridine rings is 1. The number of aromatic nitrogens is 1. The molecule has 0 amide bonds. The van der Waals surface area contributed by atoms with Gasteiger partial charge in [-0.1, -0.05) is 13.8 Å². The molecule has 1 aromatic heterocycles. The molecule has 1 fully saturated rings. The normalized spacial score (nSPS) is 19.2. The molecule has 5 heteroatoms. The Morgan fingerprint density at radius 2 is 1.74 bits per heavy atom. The maximum atomic E-state index is 13.7. The predicted octanol–water partition coefficient (Wildman–Crippen LogP) is 3.78. The summed E-state index contributed by atoms with van der Waals surface area (Å²) in [5.74, 6) is -1.10. The van der Waals surface area contributed by atoms with Crippen molar-refractivity contribution >= 4 is 11.6 Å². The fraction of sp³-hybridized carbons (Fsp3) is 0.643. The highest BCUT2D eigenvalue weighted by molar-refractivity contribution is 5.47. The van der Waals surface area contributed by atoms with Crippen LogP contribution in [0.5, 0.6) is 0 Å². The first-order valence-corrected chi connectivity index (χ1v) is 6.71. The van der Waals surface area contributed by atoms with Crippen LogP contribution >= 0.6 is 0 Å². The Morgan fingerprint density at radius 1 is 1.16 bits per heavy atom. The third kappa shape index (κ3) is 3.33. The van der Waals surface area contributed by atoms with Crippen molar-refractivity contribution in [1.82, 2.24) is 4.98 Å². The lowest BCUT2D eigenvalue weighted by Crippen LogP contribution is -2.30. The van der Waals surface area contributed by atoms with E-state index in [9.17, 15) is 8.78 Å². The number of halogens is 2. The van der Waals surface area contributed by atoms with Gasteiger partial charge in [0, 0.05) is 19.2 Å². The van der Waals surface area contributed by atoms with Gasteiger partial charge >= 0.3 is 0 Å². The highest BCUT2D eigenvalue weighted by Crippen LogP contribution is 2.36. The molecule has 2 N–H and O–H groups in total. The first-order valence-electron chi connectivity index (χ1n) is 6.71. The fourth-order valence-electron chi connectivity index (χ4n) is 2.48. The molecule has 0 atom stereocenters. The van der Waals surface area contributed by atoms with Gasteiger partial charge in [-0.25, -0.2) is 13.8 Å². The molecule has 106 valence electrons. The molecule has 1 aliphatic rings. The van der Waals surface area contributed by atoms with Crippen LogP contribution in [0, 0.1) is 17.0 Å². The second-order valence-electron chi connectivity index (χ2n) is 5.98. The van der Waals surface area contributed by atoms with E-state index in [4.69, 9.17) is 0 Å². The maximum Gasteiger partial charge on any atom is 0.168 e. The highest BCUT2D eigenvalue weighted by Gasteiger charge is 2.27. The van der Waals surface area contributed by atoms with Crippen LogP contribution in [-0.4, -0.2) is 18.1 Å². The fourth-order valence-corrected chi connectivity index (χ4v) is 2.48. The average molecular weight is 269 g/mol. The minimum atomic E-state index is -0.671. The van der Waals surface area contributed by atoms with Crippen molar-refractivity contribution < 1.29 is 8.78 Å². The first-order chi connectivity index (χ1) is 8.91. The summed E-state index contributed by atoms with van der Waals surface area (Å²) in [6.07, 6.45) is 4.18. The molecular weight excluding hydrogens is 248 g/mol. The lowest BCUT2D eigenvalue weighted by atomic mass is 9.75. The zero-order valence-electron chi connectivity index (χ0n) is 11.7. The predicted molar refractivity (Wildman–Crippen MR) is 73.4 cm³/mol. The van der Waals surface area contributed by atoms with E-state index in [-0.39, 0.29) is 17.7 Å². The molecule has 1 heterocycles. The number of hydrogen-bond donors (Lipinski definition) is 2. The Kier molecular flexibility index (Phi) is 3.92. The van der Waals surface area contributed by atoms with E-state index in [1.807, 2.05) is 0 Å². The molecule has 0 aromatic carbocycles. The van der Waals surface area contributed by atoms with Gasteiger partial charge in [-0.05, 0) is 31.1 Å². The summed E-state index contributed by atoms with van der Waals surface area (Å²) in [4.78, 5) is 3.95. The Morgan fingerprint density at radius 3 is 2.32 bits per heavy atom. The summed E-state index contributed by atoms with van der Waals surface area (Å²) >= 11 is 0. The second-order valence-corrected chi connectivity index (χ2v) is 5.98. The molecule has 3 nitrogen and oxygen atoms in total. The summed E-state index contributed by atoms with van der Waals surface area (Å²) in [5.41, 5.74) is 0.364. The number of nitrogens with one attached hydrogen (secondary N) is 2. The van der Waals surface area contributed by atoms with Gasteiger partial charge in [0.1, 0.15) is 0 Å². The summed E-state index contributed by atoms with van der Waals surface area (Å²) in [7, 11) is 1.57. The molecular formula is C14H21F2N3. The van der Waals surface area contributed by atoms with Crippen LogP contribution in [0.4, 0.5) is 20.4 Å². The first kappa shape index (κ1) is 14.0. The quantitative estimate of drug-likeness (QED) is 0.876. The lowest BCUT2D eigenvalue weighted by molar-refractivity contribution is 0.232. The SMILES string of the molecule is CNc1nc(NC2CCC(C)(C)CC2)c(F)cc1F. The minimum Gasteiger partial charge on any atom is -0.371 e. The molecule has 0 bridgehead atoms. The molecule has 0 radical (unpaired) electrons. The zero-order chi connectivity index (χ0) is 14.0. The van der Waals surface area contributed by atoms with E-state index in [1.165, 1.54) is 0 Å². The van der Waals surface area contributed by atoms with E-state index in [0.29, 0.717) is 5.41 Å². The van der Waals surface area contributed by atoms with Gasteiger partial charge in [-0.15, -0.1) is 0 Å². The van der Waals surface area contributed by atoms with Crippen molar-refractivity contribution in [3.63, 3.8) is 0 Å². The average Bonchev–Trinajstić information content (AvgIpc) is 2.35. The summed E-state index contributed by atoms with van der Waals surface area (Å²) in [6, 6.07) is 1.08. The van der Waals surface area contributed by atoms with Gasteiger partial charge in [0.25, 0.3) is 0 Å². The topological polar surface area (TPSA) is 37.0 Å². The second kappa shape index (κ2) is 5.31. The van der Waals surface area contributed by atoms with Gasteiger partial charge in [-0.3, -0.25) is 0 Å². The van der Waals surface area contributed by atoms with E-state index >= 15 is 0 Å². The van der Waals surface area contributed by atoms with Crippen LogP contribution in [0.15, 0.2) is 6.07 Å². The van der Waals surface area contributed by atoms with Crippen molar-refractivity contribution in [1.29, 1.82) is 0 Å². The van der Waals surface area contributed by atoms with Gasteiger partial charge in [-0.2, -0.15) is 0 Å². The number of nitrogens with zero attached hydrogens (tertiary/aromatic N) is 1. The molecule has 1 aromatic rings. The van der Waals surface area contributed by atoms with Crippen molar-refractivity contribution in [2.75, 3.05) is 17.7 Å². The van der Waals surface area contributed by atoms with Gasteiger partial charge in [0.2, 0.25) is 0 Å². The van der Waals surface area contributed by atoms with Crippen LogP contribution in [0.2, 0.25) is 0 Å². The van der Waals surface area contributed by atoms with Crippen molar-refractivity contribution in [2.45, 2.75) is 45.6 Å². The third-order valence-electron chi connectivity index (χ3n) is 3.85. The summed E-state index contributed by atoms with van der Waals surface area (Å²) < 4.78 is 27.0. The van der Waals surface area contributed by atoms with E-state index in [0.717, 1.165) is 31.7 Å². The lowest BCUT2D eigenvalue weighted by Gasteiger charge is -2.34. The molecule has 0 spiro atoms. The van der Waals surface area contributed by atoms with Crippen molar-refractivity contribution in [3.8, 4) is 0 Å². The maximum absolute atomic E-state index is 13.7. The van der Waals surface area contributed by atoms with Crippen LogP contribution < -0.4 is 10.6 Å². The minimum absolute atomic E-state index is 0.0695. The Hall–Kier alpha value is -1.39. The molecule has 0 aliphatic heterocycles. The Labute approximate surface area is 112 Å².